The zero-order valence-corrected chi connectivity index (χ0v) is 23.5. The number of rotatable bonds is 4. The van der Waals surface area contributed by atoms with Gasteiger partial charge in [-0.15, -0.1) is 0 Å². The van der Waals surface area contributed by atoms with Gasteiger partial charge in [0.2, 0.25) is 5.88 Å². The van der Waals surface area contributed by atoms with Crippen LogP contribution in [-0.2, 0) is 0 Å². The molecule has 1 fully saturated rings. The van der Waals surface area contributed by atoms with Crippen molar-refractivity contribution < 1.29 is 13.9 Å². The number of hydrogen-bond donors (Lipinski definition) is 2. The Morgan fingerprint density at radius 1 is 1.11 bits per heavy atom. The van der Waals surface area contributed by atoms with E-state index in [9.17, 15) is 9.18 Å². The first-order valence-electron chi connectivity index (χ1n) is 13.1. The van der Waals surface area contributed by atoms with E-state index in [1.807, 2.05) is 33.8 Å². The number of anilines is 2. The van der Waals surface area contributed by atoms with Crippen LogP contribution in [0.3, 0.4) is 0 Å². The molecule has 1 aliphatic rings. The predicted octanol–water partition coefficient (Wildman–Crippen LogP) is 5.14. The van der Waals surface area contributed by atoms with E-state index in [1.54, 1.807) is 43.8 Å². The molecule has 1 saturated heterocycles. The van der Waals surface area contributed by atoms with Crippen LogP contribution < -0.4 is 20.3 Å². The van der Waals surface area contributed by atoms with Gasteiger partial charge in [0.05, 0.1) is 29.7 Å². The number of benzene rings is 1. The van der Waals surface area contributed by atoms with Crippen molar-refractivity contribution in [1.29, 1.82) is 0 Å². The van der Waals surface area contributed by atoms with E-state index < -0.39 is 11.7 Å². The number of methoxy groups -OCH3 is 1. The number of nitrogens with zero attached hydrogens (tertiary/aromatic N) is 5. The average molecular weight is 524 g/mol. The SMILES string of the molecule is CC.CC.COc1nc2c(N3CCNC(C)C3)ccc(C(=O)Nc3cc(F)c4nc(C)cn4c3)c2nc1C. The second kappa shape index (κ2) is 12.6. The number of ether oxygens (including phenoxy) is 1. The summed E-state index contributed by atoms with van der Waals surface area (Å²) in [5.41, 5.74) is 4.11. The third-order valence-corrected chi connectivity index (χ3v) is 5.96. The van der Waals surface area contributed by atoms with E-state index in [4.69, 9.17) is 9.72 Å². The van der Waals surface area contributed by atoms with Crippen molar-refractivity contribution >= 4 is 34.0 Å². The van der Waals surface area contributed by atoms with Gasteiger partial charge in [-0.05, 0) is 32.9 Å². The molecule has 0 aliphatic carbocycles. The Balaban J connectivity index is 0.000000956. The average Bonchev–Trinajstić information content (AvgIpc) is 3.30. The zero-order valence-electron chi connectivity index (χ0n) is 23.5. The molecule has 3 aromatic heterocycles. The molecular formula is C28H38FN7O2. The number of halogens is 1. The summed E-state index contributed by atoms with van der Waals surface area (Å²) >= 11 is 0. The number of carbonyl (C=O) groups excluding carboxylic acids is 1. The Hall–Kier alpha value is -3.79. The lowest BCUT2D eigenvalue weighted by atomic mass is 10.1. The van der Waals surface area contributed by atoms with Gasteiger partial charge in [-0.25, -0.2) is 19.3 Å². The molecule has 38 heavy (non-hydrogen) atoms. The molecule has 204 valence electrons. The first-order chi connectivity index (χ1) is 18.3. The number of pyridine rings is 1. The molecule has 1 amide bonds. The Morgan fingerprint density at radius 3 is 2.53 bits per heavy atom. The predicted molar refractivity (Wildman–Crippen MR) is 151 cm³/mol. The van der Waals surface area contributed by atoms with E-state index in [0.717, 1.165) is 25.3 Å². The molecule has 2 N–H and O–H groups in total. The summed E-state index contributed by atoms with van der Waals surface area (Å²) < 4.78 is 21.5. The molecule has 1 atom stereocenters. The van der Waals surface area contributed by atoms with E-state index in [-0.39, 0.29) is 5.65 Å². The van der Waals surface area contributed by atoms with Crippen molar-refractivity contribution in [2.75, 3.05) is 37.0 Å². The first kappa shape index (κ1) is 28.8. The molecule has 4 aromatic rings. The number of piperazine rings is 1. The number of amides is 1. The summed E-state index contributed by atoms with van der Waals surface area (Å²) in [6.07, 6.45) is 3.34. The standard InChI is InChI=1S/C24H26FN7O2.2C2H6/c1-13-10-31(8-7-26-13)19-6-5-17(20-21(19)30-24(34-4)15(3)28-20)23(33)29-16-9-18(25)22-27-14(2)11-32(22)12-16;2*1-2/h5-6,9,11-13,26H,7-8,10H2,1-4H3,(H,29,33);2*1-2H3. The zero-order chi connectivity index (χ0) is 28.0. The van der Waals surface area contributed by atoms with Gasteiger partial charge < -0.3 is 24.7 Å². The maximum absolute atomic E-state index is 14.5. The molecule has 0 saturated carbocycles. The van der Waals surface area contributed by atoms with Crippen molar-refractivity contribution in [1.82, 2.24) is 24.7 Å². The Bertz CT molecular complexity index is 1420. The summed E-state index contributed by atoms with van der Waals surface area (Å²) in [6.45, 7) is 16.2. The molecule has 10 heteroatoms. The highest BCUT2D eigenvalue weighted by atomic mass is 19.1. The second-order valence-corrected chi connectivity index (χ2v) is 8.59. The van der Waals surface area contributed by atoms with Gasteiger partial charge in [-0.2, -0.15) is 0 Å². The topological polar surface area (TPSA) is 96.7 Å². The van der Waals surface area contributed by atoms with Crippen molar-refractivity contribution in [3.8, 4) is 5.88 Å². The van der Waals surface area contributed by atoms with Crippen molar-refractivity contribution in [2.45, 2.75) is 54.5 Å². The fourth-order valence-corrected chi connectivity index (χ4v) is 4.42. The van der Waals surface area contributed by atoms with E-state index >= 15 is 0 Å². The molecule has 4 heterocycles. The van der Waals surface area contributed by atoms with Crippen LogP contribution in [0.15, 0.2) is 30.6 Å². The number of hydrogen-bond acceptors (Lipinski definition) is 7. The number of imidazole rings is 1. The maximum Gasteiger partial charge on any atom is 0.257 e. The minimum Gasteiger partial charge on any atom is -0.480 e. The minimum absolute atomic E-state index is 0.212. The lowest BCUT2D eigenvalue weighted by Gasteiger charge is -2.34. The van der Waals surface area contributed by atoms with Crippen LogP contribution >= 0.6 is 0 Å². The monoisotopic (exact) mass is 523 g/mol. The normalized spacial score (nSPS) is 14.9. The number of nitrogens with one attached hydrogen (secondary N) is 2. The molecule has 1 aromatic carbocycles. The summed E-state index contributed by atoms with van der Waals surface area (Å²) in [5, 5.41) is 6.23. The Morgan fingerprint density at radius 2 is 1.84 bits per heavy atom. The van der Waals surface area contributed by atoms with Crippen LogP contribution in [0.4, 0.5) is 15.8 Å². The lowest BCUT2D eigenvalue weighted by Crippen LogP contribution is -2.49. The first-order valence-corrected chi connectivity index (χ1v) is 13.1. The quantitative estimate of drug-likeness (QED) is 0.382. The third-order valence-electron chi connectivity index (χ3n) is 5.96. The van der Waals surface area contributed by atoms with Gasteiger partial charge in [0.25, 0.3) is 5.91 Å². The summed E-state index contributed by atoms with van der Waals surface area (Å²) in [5.74, 6) is -0.503. The smallest absolute Gasteiger partial charge is 0.257 e. The van der Waals surface area contributed by atoms with Crippen LogP contribution in [0.2, 0.25) is 0 Å². The lowest BCUT2D eigenvalue weighted by molar-refractivity contribution is 0.102. The summed E-state index contributed by atoms with van der Waals surface area (Å²) in [7, 11) is 1.55. The Labute approximate surface area is 223 Å². The molecule has 0 radical (unpaired) electrons. The summed E-state index contributed by atoms with van der Waals surface area (Å²) in [4.78, 5) is 29.1. The van der Waals surface area contributed by atoms with Crippen LogP contribution in [0.1, 0.15) is 56.4 Å². The maximum atomic E-state index is 14.5. The van der Waals surface area contributed by atoms with Gasteiger partial charge in [0, 0.05) is 44.1 Å². The highest BCUT2D eigenvalue weighted by molar-refractivity contribution is 6.13. The minimum atomic E-state index is -0.515. The van der Waals surface area contributed by atoms with Crippen molar-refractivity contribution in [3.05, 3.63) is 53.4 Å². The van der Waals surface area contributed by atoms with Gasteiger partial charge in [-0.3, -0.25) is 4.79 Å². The van der Waals surface area contributed by atoms with Crippen LogP contribution in [-0.4, -0.2) is 58.0 Å². The molecule has 0 bridgehead atoms. The fourth-order valence-electron chi connectivity index (χ4n) is 4.42. The van der Waals surface area contributed by atoms with E-state index in [1.165, 1.54) is 6.07 Å². The molecule has 0 spiro atoms. The molecular weight excluding hydrogens is 485 g/mol. The molecule has 5 rings (SSSR count). The third kappa shape index (κ3) is 5.85. The Kier molecular flexibility index (Phi) is 9.57. The van der Waals surface area contributed by atoms with Crippen LogP contribution in [0.5, 0.6) is 5.88 Å². The van der Waals surface area contributed by atoms with Crippen molar-refractivity contribution in [3.63, 3.8) is 0 Å². The number of aromatic nitrogens is 4. The molecule has 1 aliphatic heterocycles. The fraction of sp³-hybridized carbons (Fsp3) is 0.429. The van der Waals surface area contributed by atoms with Crippen LogP contribution in [0, 0.1) is 19.7 Å². The number of carbonyl (C=O) groups is 1. The van der Waals surface area contributed by atoms with Gasteiger partial charge in [0.15, 0.2) is 11.5 Å². The second-order valence-electron chi connectivity index (χ2n) is 8.59. The highest BCUT2D eigenvalue weighted by Crippen LogP contribution is 2.31. The molecule has 1 unspecified atom stereocenters. The van der Waals surface area contributed by atoms with Crippen molar-refractivity contribution in [2.24, 2.45) is 0 Å². The van der Waals surface area contributed by atoms with E-state index in [0.29, 0.717) is 45.6 Å². The van der Waals surface area contributed by atoms with Crippen LogP contribution in [0.25, 0.3) is 16.7 Å². The molecule has 9 nitrogen and oxygen atoms in total. The van der Waals surface area contributed by atoms with Gasteiger partial charge in [-0.1, -0.05) is 27.7 Å². The summed E-state index contributed by atoms with van der Waals surface area (Å²) in [6, 6.07) is 5.22. The number of aryl methyl sites for hydroxylation is 2. The largest absolute Gasteiger partial charge is 0.480 e. The van der Waals surface area contributed by atoms with Gasteiger partial charge in [0.1, 0.15) is 16.7 Å². The van der Waals surface area contributed by atoms with E-state index in [2.05, 4.69) is 32.4 Å². The number of fused-ring (bicyclic) bond motifs is 2. The van der Waals surface area contributed by atoms with Gasteiger partial charge >= 0.3 is 0 Å². The highest BCUT2D eigenvalue weighted by Gasteiger charge is 2.23.